The minimum Gasteiger partial charge on any atom is -0.380 e. The monoisotopic (exact) mass is 299 g/mol. The van der Waals surface area contributed by atoms with Crippen molar-refractivity contribution in [3.8, 4) is 0 Å². The standard InChI is InChI=1S/C19H25NO2/c1-14(2)19(3,22)18(21)20(4)13-12-16-10-7-9-15-8-5-6-11-17(15)16/h5-11,14,22H,12-13H2,1-4H3/t19-/m1/s1. The molecule has 0 fully saturated rings. The molecule has 0 heterocycles. The van der Waals surface area contributed by atoms with E-state index in [2.05, 4.69) is 24.3 Å². The number of aliphatic hydroxyl groups is 1. The van der Waals surface area contributed by atoms with Gasteiger partial charge >= 0.3 is 0 Å². The molecule has 0 unspecified atom stereocenters. The van der Waals surface area contributed by atoms with Crippen molar-refractivity contribution in [2.75, 3.05) is 13.6 Å². The molecule has 0 aliphatic heterocycles. The smallest absolute Gasteiger partial charge is 0.254 e. The van der Waals surface area contributed by atoms with Gasteiger partial charge in [0.1, 0.15) is 5.60 Å². The SMILES string of the molecule is CC(C)[C@@](C)(O)C(=O)N(C)CCc1cccc2ccccc12. The second-order valence-electron chi connectivity index (χ2n) is 6.42. The maximum absolute atomic E-state index is 12.4. The summed E-state index contributed by atoms with van der Waals surface area (Å²) in [6.07, 6.45) is 0.776. The van der Waals surface area contributed by atoms with Gasteiger partial charge in [0.2, 0.25) is 0 Å². The minimum atomic E-state index is -1.31. The summed E-state index contributed by atoms with van der Waals surface area (Å²) in [4.78, 5) is 14.0. The Bertz CT molecular complexity index is 656. The second-order valence-corrected chi connectivity index (χ2v) is 6.42. The quantitative estimate of drug-likeness (QED) is 0.920. The molecule has 0 aromatic heterocycles. The van der Waals surface area contributed by atoms with Gasteiger partial charge in [-0.05, 0) is 35.6 Å². The van der Waals surface area contributed by atoms with E-state index in [0.717, 1.165) is 6.42 Å². The van der Waals surface area contributed by atoms with Crippen molar-refractivity contribution in [2.45, 2.75) is 32.8 Å². The predicted molar refractivity (Wildman–Crippen MR) is 90.8 cm³/mol. The Morgan fingerprint density at radius 2 is 1.82 bits per heavy atom. The molecule has 2 aromatic carbocycles. The van der Waals surface area contributed by atoms with Crippen LogP contribution in [0.5, 0.6) is 0 Å². The van der Waals surface area contributed by atoms with Gasteiger partial charge in [0.15, 0.2) is 0 Å². The molecule has 3 heteroatoms. The third kappa shape index (κ3) is 3.30. The van der Waals surface area contributed by atoms with Crippen molar-refractivity contribution in [3.63, 3.8) is 0 Å². The molecule has 22 heavy (non-hydrogen) atoms. The maximum Gasteiger partial charge on any atom is 0.254 e. The summed E-state index contributed by atoms with van der Waals surface area (Å²) in [6, 6.07) is 14.5. The Hall–Kier alpha value is -1.87. The van der Waals surface area contributed by atoms with Crippen LogP contribution in [-0.2, 0) is 11.2 Å². The summed E-state index contributed by atoms with van der Waals surface area (Å²) < 4.78 is 0. The van der Waals surface area contributed by atoms with Crippen LogP contribution in [0.4, 0.5) is 0 Å². The third-order valence-electron chi connectivity index (χ3n) is 4.50. The van der Waals surface area contributed by atoms with Crippen LogP contribution >= 0.6 is 0 Å². The van der Waals surface area contributed by atoms with Crippen LogP contribution in [0.2, 0.25) is 0 Å². The molecule has 0 bridgehead atoms. The number of carbonyl (C=O) groups excluding carboxylic acids is 1. The Morgan fingerprint density at radius 1 is 1.18 bits per heavy atom. The molecule has 0 spiro atoms. The van der Waals surface area contributed by atoms with Gasteiger partial charge in [-0.15, -0.1) is 0 Å². The number of hydrogen-bond acceptors (Lipinski definition) is 2. The highest BCUT2D eigenvalue weighted by atomic mass is 16.3. The van der Waals surface area contributed by atoms with Crippen LogP contribution in [0.1, 0.15) is 26.3 Å². The highest BCUT2D eigenvalue weighted by molar-refractivity contribution is 5.86. The van der Waals surface area contributed by atoms with Crippen LogP contribution in [-0.4, -0.2) is 35.1 Å². The summed E-state index contributed by atoms with van der Waals surface area (Å²) >= 11 is 0. The number of likely N-dealkylation sites (N-methyl/N-ethyl adjacent to an activating group) is 1. The zero-order valence-electron chi connectivity index (χ0n) is 13.8. The van der Waals surface area contributed by atoms with Gasteiger partial charge in [-0.1, -0.05) is 56.3 Å². The summed E-state index contributed by atoms with van der Waals surface area (Å²) in [5.74, 6) is -0.331. The lowest BCUT2D eigenvalue weighted by Gasteiger charge is -2.31. The summed E-state index contributed by atoms with van der Waals surface area (Å²) in [5, 5.41) is 12.7. The molecule has 118 valence electrons. The molecule has 0 aliphatic rings. The molecule has 0 saturated carbocycles. The first-order chi connectivity index (χ1) is 10.3. The number of amides is 1. The number of rotatable bonds is 5. The van der Waals surface area contributed by atoms with E-state index < -0.39 is 5.60 Å². The van der Waals surface area contributed by atoms with Crippen LogP contribution in [0.3, 0.4) is 0 Å². The lowest BCUT2D eigenvalue weighted by Crippen LogP contribution is -2.49. The molecule has 0 aliphatic carbocycles. The average Bonchev–Trinajstić information content (AvgIpc) is 2.51. The Labute approximate surface area is 132 Å². The van der Waals surface area contributed by atoms with Crippen molar-refractivity contribution in [3.05, 3.63) is 48.0 Å². The molecule has 1 amide bonds. The zero-order valence-corrected chi connectivity index (χ0v) is 13.8. The van der Waals surface area contributed by atoms with E-state index in [4.69, 9.17) is 0 Å². The summed E-state index contributed by atoms with van der Waals surface area (Å²) in [5.41, 5.74) is -0.0880. The highest BCUT2D eigenvalue weighted by Gasteiger charge is 2.35. The fourth-order valence-corrected chi connectivity index (χ4v) is 2.53. The van der Waals surface area contributed by atoms with Crippen molar-refractivity contribution in [1.82, 2.24) is 4.90 Å². The molecule has 2 rings (SSSR count). The van der Waals surface area contributed by atoms with Gasteiger partial charge in [0.05, 0.1) is 0 Å². The lowest BCUT2D eigenvalue weighted by molar-refractivity contribution is -0.152. The number of carbonyl (C=O) groups is 1. The van der Waals surface area contributed by atoms with E-state index in [-0.39, 0.29) is 11.8 Å². The van der Waals surface area contributed by atoms with Crippen LogP contribution in [0.25, 0.3) is 10.8 Å². The zero-order chi connectivity index (χ0) is 16.3. The number of benzene rings is 2. The normalized spacial score (nSPS) is 14.1. The van der Waals surface area contributed by atoms with Gasteiger partial charge in [-0.25, -0.2) is 0 Å². The van der Waals surface area contributed by atoms with Crippen molar-refractivity contribution >= 4 is 16.7 Å². The Balaban J connectivity index is 2.10. The number of fused-ring (bicyclic) bond motifs is 1. The van der Waals surface area contributed by atoms with E-state index in [9.17, 15) is 9.90 Å². The Kier molecular flexibility index (Phi) is 4.87. The molecule has 1 atom stereocenters. The van der Waals surface area contributed by atoms with Crippen LogP contribution in [0.15, 0.2) is 42.5 Å². The molecule has 2 aromatic rings. The van der Waals surface area contributed by atoms with E-state index >= 15 is 0 Å². The average molecular weight is 299 g/mol. The fraction of sp³-hybridized carbons (Fsp3) is 0.421. The van der Waals surface area contributed by atoms with Gasteiger partial charge in [-0.3, -0.25) is 4.79 Å². The maximum atomic E-state index is 12.4. The molecule has 0 radical (unpaired) electrons. The van der Waals surface area contributed by atoms with E-state index in [1.54, 1.807) is 18.9 Å². The Morgan fingerprint density at radius 3 is 2.50 bits per heavy atom. The van der Waals surface area contributed by atoms with Gasteiger partial charge in [-0.2, -0.15) is 0 Å². The van der Waals surface area contributed by atoms with Crippen molar-refractivity contribution in [1.29, 1.82) is 0 Å². The summed E-state index contributed by atoms with van der Waals surface area (Å²) in [7, 11) is 1.75. The summed E-state index contributed by atoms with van der Waals surface area (Å²) in [6.45, 7) is 5.90. The fourth-order valence-electron chi connectivity index (χ4n) is 2.53. The first-order valence-electron chi connectivity index (χ1n) is 7.78. The van der Waals surface area contributed by atoms with E-state index in [1.807, 2.05) is 32.0 Å². The minimum absolute atomic E-state index is 0.111. The molecule has 1 N–H and O–H groups in total. The molecule has 0 saturated heterocycles. The van der Waals surface area contributed by atoms with E-state index in [1.165, 1.54) is 16.3 Å². The van der Waals surface area contributed by atoms with E-state index in [0.29, 0.717) is 6.54 Å². The first kappa shape index (κ1) is 16.5. The second kappa shape index (κ2) is 6.49. The number of nitrogens with zero attached hydrogens (tertiary/aromatic N) is 1. The third-order valence-corrected chi connectivity index (χ3v) is 4.50. The molecular weight excluding hydrogens is 274 g/mol. The van der Waals surface area contributed by atoms with Gasteiger partial charge < -0.3 is 10.0 Å². The molecule has 3 nitrogen and oxygen atoms in total. The largest absolute Gasteiger partial charge is 0.380 e. The number of hydrogen-bond donors (Lipinski definition) is 1. The first-order valence-corrected chi connectivity index (χ1v) is 7.78. The lowest BCUT2D eigenvalue weighted by atomic mass is 9.91. The van der Waals surface area contributed by atoms with Crippen LogP contribution in [0, 0.1) is 5.92 Å². The van der Waals surface area contributed by atoms with Crippen molar-refractivity contribution in [2.24, 2.45) is 5.92 Å². The van der Waals surface area contributed by atoms with Crippen molar-refractivity contribution < 1.29 is 9.90 Å². The molecular formula is C19H25NO2. The van der Waals surface area contributed by atoms with Gasteiger partial charge in [0.25, 0.3) is 5.91 Å². The predicted octanol–water partition coefficient (Wildman–Crippen LogP) is 3.25. The van der Waals surface area contributed by atoms with Crippen LogP contribution < -0.4 is 0 Å². The van der Waals surface area contributed by atoms with Gasteiger partial charge in [0, 0.05) is 13.6 Å². The highest BCUT2D eigenvalue weighted by Crippen LogP contribution is 2.21. The topological polar surface area (TPSA) is 40.5 Å².